The second-order valence-electron chi connectivity index (χ2n) is 8.63. The van der Waals surface area contributed by atoms with Crippen LogP contribution >= 0.6 is 0 Å². The largest absolute Gasteiger partial charge is 0.420 e. The van der Waals surface area contributed by atoms with Crippen LogP contribution in [0.3, 0.4) is 0 Å². The van der Waals surface area contributed by atoms with Gasteiger partial charge in [0.1, 0.15) is 23.3 Å². The first-order chi connectivity index (χ1) is 14.8. The average molecular weight is 428 g/mol. The number of aromatic nitrogens is 2. The second-order valence-corrected chi connectivity index (χ2v) is 8.63. The number of hydrogen-bond acceptors (Lipinski definition) is 6. The van der Waals surface area contributed by atoms with Crippen molar-refractivity contribution < 1.29 is 22.9 Å². The van der Waals surface area contributed by atoms with Gasteiger partial charge in [-0.1, -0.05) is 5.16 Å². The number of Topliss-reactive ketones (excluding diaryl/α,β-unsaturated/α-hetero) is 2. The molecule has 1 aliphatic rings. The van der Waals surface area contributed by atoms with Crippen LogP contribution in [0, 0.1) is 17.7 Å². The van der Waals surface area contributed by atoms with Gasteiger partial charge in [-0.3, -0.25) is 14.2 Å². The van der Waals surface area contributed by atoms with E-state index >= 15 is 0 Å². The summed E-state index contributed by atoms with van der Waals surface area (Å²) in [5, 5.41) is 3.68. The second kappa shape index (κ2) is 8.61. The fraction of sp³-hybridized carbons (Fsp3) is 0.478. The maximum Gasteiger partial charge on any atom is 0.420 e. The number of benzene rings is 1. The number of nitrogens with zero attached hydrogens (tertiary/aromatic N) is 2. The minimum absolute atomic E-state index is 0.0397. The van der Waals surface area contributed by atoms with E-state index in [9.17, 15) is 18.8 Å². The number of fused-ring (bicyclic) bond motifs is 1. The van der Waals surface area contributed by atoms with Gasteiger partial charge < -0.3 is 8.94 Å². The third kappa shape index (κ3) is 4.38. The van der Waals surface area contributed by atoms with Crippen LogP contribution in [-0.2, 0) is 11.2 Å². The van der Waals surface area contributed by atoms with Crippen molar-refractivity contribution >= 4 is 22.7 Å². The van der Waals surface area contributed by atoms with Crippen LogP contribution < -0.4 is 5.76 Å². The number of carbonyl (C=O) groups excluding carboxylic acids is 2. The molecule has 1 aliphatic carbocycles. The summed E-state index contributed by atoms with van der Waals surface area (Å²) < 4.78 is 25.9. The summed E-state index contributed by atoms with van der Waals surface area (Å²) in [6.45, 7) is 3.56. The molecule has 2 aromatic heterocycles. The molecule has 3 aromatic rings. The van der Waals surface area contributed by atoms with Gasteiger partial charge in [0.15, 0.2) is 17.2 Å². The van der Waals surface area contributed by atoms with E-state index in [-0.39, 0.29) is 47.0 Å². The molecule has 0 unspecified atom stereocenters. The fourth-order valence-corrected chi connectivity index (χ4v) is 4.50. The first kappa shape index (κ1) is 21.2. The Kier molecular flexibility index (Phi) is 5.89. The predicted octanol–water partition coefficient (Wildman–Crippen LogP) is 4.49. The molecule has 1 aromatic carbocycles. The summed E-state index contributed by atoms with van der Waals surface area (Å²) >= 11 is 0. The highest BCUT2D eigenvalue weighted by atomic mass is 19.1. The van der Waals surface area contributed by atoms with Gasteiger partial charge in [-0.05, 0) is 63.1 Å². The van der Waals surface area contributed by atoms with Crippen LogP contribution in [0.15, 0.2) is 38.2 Å². The summed E-state index contributed by atoms with van der Waals surface area (Å²) in [5.74, 6) is -1.04. The highest BCUT2D eigenvalue weighted by Gasteiger charge is 2.28. The van der Waals surface area contributed by atoms with Gasteiger partial charge in [-0.25, -0.2) is 9.18 Å². The number of halogens is 1. The molecule has 0 atom stereocenters. The number of carbonyl (C=O) groups is 2. The Bertz CT molecular complexity index is 1150. The standard InChI is InChI=1S/C23H25FN2O5/c1-13(2)26-22-17(24)9-15(12-21(22)31-23(26)29)11-19(27)16-5-3-14(4-6-16)10-20(28)18-7-8-30-25-18/h7-9,12-14,16H,3-6,10-11H2,1-2H3. The van der Waals surface area contributed by atoms with E-state index in [1.165, 1.54) is 16.9 Å². The van der Waals surface area contributed by atoms with Crippen molar-refractivity contribution in [3.63, 3.8) is 0 Å². The first-order valence-electron chi connectivity index (χ1n) is 10.6. The van der Waals surface area contributed by atoms with Crippen LogP contribution in [0.25, 0.3) is 11.1 Å². The summed E-state index contributed by atoms with van der Waals surface area (Å²) in [6, 6.07) is 4.22. The zero-order chi connectivity index (χ0) is 22.1. The van der Waals surface area contributed by atoms with Gasteiger partial charge in [-0.2, -0.15) is 0 Å². The van der Waals surface area contributed by atoms with Crippen molar-refractivity contribution in [1.82, 2.24) is 9.72 Å². The number of ketones is 2. The molecular weight excluding hydrogens is 403 g/mol. The third-order valence-corrected chi connectivity index (χ3v) is 6.12. The normalized spacial score (nSPS) is 19.2. The molecule has 0 N–H and O–H groups in total. The van der Waals surface area contributed by atoms with Gasteiger partial charge in [0.25, 0.3) is 0 Å². The highest BCUT2D eigenvalue weighted by Crippen LogP contribution is 2.33. The lowest BCUT2D eigenvalue weighted by Gasteiger charge is -2.27. The van der Waals surface area contributed by atoms with Crippen LogP contribution in [0.1, 0.15) is 68.0 Å². The molecule has 0 saturated heterocycles. The Morgan fingerprint density at radius 3 is 2.61 bits per heavy atom. The Hall–Kier alpha value is -3.03. The maximum atomic E-state index is 14.7. The summed E-state index contributed by atoms with van der Waals surface area (Å²) in [7, 11) is 0. The lowest BCUT2D eigenvalue weighted by Crippen LogP contribution is -2.24. The van der Waals surface area contributed by atoms with Gasteiger partial charge in [0, 0.05) is 30.9 Å². The molecule has 7 nitrogen and oxygen atoms in total. The minimum Gasteiger partial charge on any atom is -0.408 e. The van der Waals surface area contributed by atoms with Crippen molar-refractivity contribution in [2.24, 2.45) is 11.8 Å². The lowest BCUT2D eigenvalue weighted by molar-refractivity contribution is -0.123. The molecule has 8 heteroatoms. The van der Waals surface area contributed by atoms with Crippen molar-refractivity contribution in [3.8, 4) is 0 Å². The monoisotopic (exact) mass is 428 g/mol. The molecule has 31 heavy (non-hydrogen) atoms. The molecule has 0 radical (unpaired) electrons. The first-order valence-corrected chi connectivity index (χ1v) is 10.6. The Balaban J connectivity index is 1.38. The zero-order valence-corrected chi connectivity index (χ0v) is 17.6. The molecule has 0 aliphatic heterocycles. The smallest absolute Gasteiger partial charge is 0.408 e. The maximum absolute atomic E-state index is 14.7. The zero-order valence-electron chi connectivity index (χ0n) is 17.6. The molecule has 0 bridgehead atoms. The lowest BCUT2D eigenvalue weighted by atomic mass is 9.77. The van der Waals surface area contributed by atoms with Gasteiger partial charge in [0.2, 0.25) is 0 Å². The number of oxazole rings is 1. The Labute approximate surface area is 178 Å². The van der Waals surface area contributed by atoms with E-state index in [4.69, 9.17) is 8.94 Å². The van der Waals surface area contributed by atoms with Crippen LogP contribution in [0.4, 0.5) is 4.39 Å². The van der Waals surface area contributed by atoms with E-state index in [0.29, 0.717) is 30.5 Å². The molecule has 1 saturated carbocycles. The third-order valence-electron chi connectivity index (χ3n) is 6.12. The topological polar surface area (TPSA) is 95.3 Å². The molecule has 0 spiro atoms. The van der Waals surface area contributed by atoms with E-state index < -0.39 is 11.6 Å². The van der Waals surface area contributed by atoms with Crippen molar-refractivity contribution in [1.29, 1.82) is 0 Å². The van der Waals surface area contributed by atoms with Crippen molar-refractivity contribution in [2.75, 3.05) is 0 Å². The van der Waals surface area contributed by atoms with Crippen molar-refractivity contribution in [3.05, 3.63) is 52.1 Å². The predicted molar refractivity (Wildman–Crippen MR) is 110 cm³/mol. The highest BCUT2D eigenvalue weighted by molar-refractivity contribution is 5.94. The summed E-state index contributed by atoms with van der Waals surface area (Å²) in [5.41, 5.74) is 1.14. The van der Waals surface area contributed by atoms with Gasteiger partial charge in [0.05, 0.1) is 0 Å². The molecule has 0 amide bonds. The van der Waals surface area contributed by atoms with Crippen LogP contribution in [-0.4, -0.2) is 21.3 Å². The van der Waals surface area contributed by atoms with Crippen LogP contribution in [0.5, 0.6) is 0 Å². The number of hydrogen-bond donors (Lipinski definition) is 0. The van der Waals surface area contributed by atoms with E-state index in [2.05, 4.69) is 5.16 Å². The number of rotatable bonds is 7. The van der Waals surface area contributed by atoms with Crippen LogP contribution in [0.2, 0.25) is 0 Å². The SMILES string of the molecule is CC(C)n1c(=O)oc2cc(CC(=O)C3CCC(CC(=O)c4ccon4)CC3)cc(F)c21. The molecule has 2 heterocycles. The molecule has 164 valence electrons. The fourth-order valence-electron chi connectivity index (χ4n) is 4.50. The molecule has 4 rings (SSSR count). The summed E-state index contributed by atoms with van der Waals surface area (Å²) in [6.07, 6.45) is 4.88. The van der Waals surface area contributed by atoms with Gasteiger partial charge in [-0.15, -0.1) is 0 Å². The quantitative estimate of drug-likeness (QED) is 0.515. The molecular formula is C23H25FN2O5. The van der Waals surface area contributed by atoms with E-state index in [0.717, 1.165) is 12.8 Å². The average Bonchev–Trinajstić information content (AvgIpc) is 3.36. The summed E-state index contributed by atoms with van der Waals surface area (Å²) in [4.78, 5) is 37.0. The Morgan fingerprint density at radius 2 is 1.97 bits per heavy atom. The van der Waals surface area contributed by atoms with Crippen molar-refractivity contribution in [2.45, 2.75) is 58.4 Å². The molecule has 1 fully saturated rings. The van der Waals surface area contributed by atoms with E-state index in [1.807, 2.05) is 0 Å². The Morgan fingerprint density at radius 1 is 1.23 bits per heavy atom. The van der Waals surface area contributed by atoms with E-state index in [1.54, 1.807) is 26.0 Å². The van der Waals surface area contributed by atoms with Gasteiger partial charge >= 0.3 is 5.76 Å². The minimum atomic E-state index is -0.606.